The van der Waals surface area contributed by atoms with Gasteiger partial charge in [-0.05, 0) is 74.9 Å². The number of carbonyl (C=O) groups is 2. The summed E-state index contributed by atoms with van der Waals surface area (Å²) in [7, 11) is -3.99. The van der Waals surface area contributed by atoms with E-state index in [1.807, 2.05) is 20.8 Å². The van der Waals surface area contributed by atoms with Crippen molar-refractivity contribution >= 4 is 33.7 Å². The van der Waals surface area contributed by atoms with Gasteiger partial charge in [-0.25, -0.2) is 13.8 Å². The lowest BCUT2D eigenvalue weighted by atomic mass is 10.2. The van der Waals surface area contributed by atoms with Gasteiger partial charge in [-0.3, -0.25) is 13.9 Å². The number of nitrogens with zero attached hydrogens (tertiary/aromatic N) is 2. The number of anilines is 1. The minimum atomic E-state index is -3.99. The van der Waals surface area contributed by atoms with Gasteiger partial charge in [-0.15, -0.1) is 0 Å². The second-order valence-corrected chi connectivity index (χ2v) is 10.4. The average Bonchev–Trinajstić information content (AvgIpc) is 2.87. The number of hydrogen-bond acceptors (Lipinski definition) is 6. The number of rotatable bonds is 11. The first-order valence-electron chi connectivity index (χ1n) is 11.6. The van der Waals surface area contributed by atoms with Crippen LogP contribution in [0.25, 0.3) is 0 Å². The van der Waals surface area contributed by atoms with Gasteiger partial charge in [-0.2, -0.15) is 5.10 Å². The van der Waals surface area contributed by atoms with E-state index in [0.29, 0.717) is 17.0 Å². The smallest absolute Gasteiger partial charge is 0.264 e. The molecular weight excluding hydrogens is 492 g/mol. The lowest BCUT2D eigenvalue weighted by Gasteiger charge is -2.23. The monoisotopic (exact) mass is 522 g/mol. The fraction of sp³-hybridized carbons (Fsp3) is 0.222. The van der Waals surface area contributed by atoms with Crippen molar-refractivity contribution in [2.45, 2.75) is 31.7 Å². The predicted octanol–water partition coefficient (Wildman–Crippen LogP) is 3.24. The molecule has 3 aromatic rings. The maximum absolute atomic E-state index is 13.3. The van der Waals surface area contributed by atoms with Gasteiger partial charge < -0.3 is 10.1 Å². The fourth-order valence-corrected chi connectivity index (χ4v) is 4.67. The van der Waals surface area contributed by atoms with Crippen molar-refractivity contribution in [2.24, 2.45) is 5.10 Å². The van der Waals surface area contributed by atoms with Crippen LogP contribution in [0.5, 0.6) is 5.75 Å². The van der Waals surface area contributed by atoms with E-state index in [1.165, 1.54) is 18.3 Å². The number of sulfonamides is 1. The molecule has 0 heterocycles. The minimum Gasteiger partial charge on any atom is -0.484 e. The molecule has 37 heavy (non-hydrogen) atoms. The number of carbonyl (C=O) groups excluding carboxylic acids is 2. The first kappa shape index (κ1) is 27.4. The Labute approximate surface area is 217 Å². The van der Waals surface area contributed by atoms with E-state index >= 15 is 0 Å². The molecule has 3 aromatic carbocycles. The van der Waals surface area contributed by atoms with Crippen LogP contribution < -0.4 is 19.8 Å². The number of para-hydroxylation sites is 1. The highest BCUT2D eigenvalue weighted by Crippen LogP contribution is 2.23. The first-order chi connectivity index (χ1) is 17.6. The van der Waals surface area contributed by atoms with Crippen LogP contribution in [0.4, 0.5) is 5.69 Å². The lowest BCUT2D eigenvalue weighted by molar-refractivity contribution is -0.123. The molecule has 0 fully saturated rings. The largest absolute Gasteiger partial charge is 0.484 e. The number of nitrogens with one attached hydrogen (secondary N) is 2. The van der Waals surface area contributed by atoms with Gasteiger partial charge in [0, 0.05) is 6.04 Å². The van der Waals surface area contributed by atoms with Gasteiger partial charge in [0.1, 0.15) is 12.3 Å². The van der Waals surface area contributed by atoms with Gasteiger partial charge >= 0.3 is 0 Å². The third kappa shape index (κ3) is 8.18. The zero-order chi connectivity index (χ0) is 26.8. The van der Waals surface area contributed by atoms with Crippen LogP contribution >= 0.6 is 0 Å². The first-order valence-corrected chi connectivity index (χ1v) is 13.1. The molecule has 0 aromatic heterocycles. The SMILES string of the molecule is Cc1ccc(S(=O)(=O)N(CC(=O)N/N=C\c2ccc(OCC(=O)NC(C)C)cc2)c2ccccc2)cc1. The highest BCUT2D eigenvalue weighted by atomic mass is 32.2. The van der Waals surface area contributed by atoms with Crippen molar-refractivity contribution in [3.05, 3.63) is 90.0 Å². The van der Waals surface area contributed by atoms with Crippen molar-refractivity contribution in [3.8, 4) is 5.75 Å². The standard InChI is InChI=1S/C27H30N4O5S/c1-20(2)29-27(33)19-36-24-13-11-22(12-14-24)17-28-30-26(32)18-31(23-7-5-4-6-8-23)37(34,35)25-15-9-21(3)10-16-25/h4-17,20H,18-19H2,1-3H3,(H,29,33)(H,30,32)/b28-17-. The zero-order valence-electron chi connectivity index (χ0n) is 20.9. The highest BCUT2D eigenvalue weighted by molar-refractivity contribution is 7.92. The van der Waals surface area contributed by atoms with Crippen LogP contribution in [0.2, 0.25) is 0 Å². The lowest BCUT2D eigenvalue weighted by Crippen LogP contribution is -2.39. The summed E-state index contributed by atoms with van der Waals surface area (Å²) in [6.07, 6.45) is 1.43. The van der Waals surface area contributed by atoms with Gasteiger partial charge in [0.15, 0.2) is 6.61 Å². The molecule has 0 aliphatic heterocycles. The number of aryl methyl sites for hydroxylation is 1. The molecule has 194 valence electrons. The summed E-state index contributed by atoms with van der Waals surface area (Å²) in [5, 5.41) is 6.68. The highest BCUT2D eigenvalue weighted by Gasteiger charge is 2.27. The summed E-state index contributed by atoms with van der Waals surface area (Å²) < 4.78 is 33.1. The van der Waals surface area contributed by atoms with Gasteiger partial charge in [0.25, 0.3) is 21.8 Å². The van der Waals surface area contributed by atoms with Crippen LogP contribution in [0.3, 0.4) is 0 Å². The van der Waals surface area contributed by atoms with E-state index in [9.17, 15) is 18.0 Å². The summed E-state index contributed by atoms with van der Waals surface area (Å²) in [5.74, 6) is -0.302. The van der Waals surface area contributed by atoms with E-state index in [1.54, 1.807) is 66.7 Å². The van der Waals surface area contributed by atoms with Crippen LogP contribution in [-0.2, 0) is 19.6 Å². The Morgan fingerprint density at radius 1 is 0.946 bits per heavy atom. The number of benzene rings is 3. The molecule has 3 rings (SSSR count). The van der Waals surface area contributed by atoms with Crippen LogP contribution in [0.1, 0.15) is 25.0 Å². The molecule has 0 bridgehead atoms. The third-order valence-corrected chi connectivity index (χ3v) is 6.83. The van der Waals surface area contributed by atoms with E-state index in [2.05, 4.69) is 15.8 Å². The molecule has 9 nitrogen and oxygen atoms in total. The van der Waals surface area contributed by atoms with Crippen LogP contribution in [0, 0.1) is 6.92 Å². The molecule has 2 N–H and O–H groups in total. The van der Waals surface area contributed by atoms with E-state index < -0.39 is 22.5 Å². The molecule has 0 spiro atoms. The van der Waals surface area contributed by atoms with Crippen molar-refractivity contribution in [2.75, 3.05) is 17.5 Å². The van der Waals surface area contributed by atoms with Crippen molar-refractivity contribution < 1.29 is 22.7 Å². The van der Waals surface area contributed by atoms with Gasteiger partial charge in [-0.1, -0.05) is 35.9 Å². The molecule has 10 heteroatoms. The van der Waals surface area contributed by atoms with Crippen molar-refractivity contribution in [1.29, 1.82) is 0 Å². The quantitative estimate of drug-likeness (QED) is 0.296. The van der Waals surface area contributed by atoms with E-state index in [0.717, 1.165) is 9.87 Å². The second-order valence-electron chi connectivity index (χ2n) is 8.53. The Morgan fingerprint density at radius 3 is 2.22 bits per heavy atom. The third-order valence-electron chi connectivity index (χ3n) is 5.04. The molecule has 0 atom stereocenters. The summed E-state index contributed by atoms with van der Waals surface area (Å²) >= 11 is 0. The Hall–Kier alpha value is -4.18. The molecule has 0 saturated heterocycles. The molecule has 0 saturated carbocycles. The number of ether oxygens (including phenoxy) is 1. The average molecular weight is 523 g/mol. The maximum atomic E-state index is 13.3. The Balaban J connectivity index is 1.63. The topological polar surface area (TPSA) is 117 Å². The summed E-state index contributed by atoms with van der Waals surface area (Å²) in [5.41, 5.74) is 4.34. The Kier molecular flexibility index (Phi) is 9.39. The predicted molar refractivity (Wildman–Crippen MR) is 143 cm³/mol. The minimum absolute atomic E-state index is 0.0346. The van der Waals surface area contributed by atoms with Crippen LogP contribution in [-0.4, -0.2) is 45.6 Å². The summed E-state index contributed by atoms with van der Waals surface area (Å²) in [6, 6.07) is 21.7. The van der Waals surface area contributed by atoms with Crippen LogP contribution in [0.15, 0.2) is 88.9 Å². The van der Waals surface area contributed by atoms with Crippen molar-refractivity contribution in [1.82, 2.24) is 10.7 Å². The van der Waals surface area contributed by atoms with Gasteiger partial charge in [0.05, 0.1) is 16.8 Å². The van der Waals surface area contributed by atoms with E-state index in [4.69, 9.17) is 4.74 Å². The van der Waals surface area contributed by atoms with Gasteiger partial charge in [0.2, 0.25) is 0 Å². The number of hydrogen-bond donors (Lipinski definition) is 2. The molecule has 0 radical (unpaired) electrons. The Morgan fingerprint density at radius 2 is 1.59 bits per heavy atom. The molecule has 0 aliphatic carbocycles. The summed E-state index contributed by atoms with van der Waals surface area (Å²) in [4.78, 5) is 24.4. The number of amides is 2. The normalized spacial score (nSPS) is 11.4. The second kappa shape index (κ2) is 12.7. The molecule has 0 aliphatic rings. The zero-order valence-corrected chi connectivity index (χ0v) is 21.7. The van der Waals surface area contributed by atoms with E-state index in [-0.39, 0.29) is 23.5 Å². The van der Waals surface area contributed by atoms with Crippen molar-refractivity contribution in [3.63, 3.8) is 0 Å². The molecular formula is C27H30N4O5S. The summed E-state index contributed by atoms with van der Waals surface area (Å²) in [6.45, 7) is 5.05. The fourth-order valence-electron chi connectivity index (χ4n) is 3.25. The maximum Gasteiger partial charge on any atom is 0.264 e. The molecule has 0 unspecified atom stereocenters. The molecule has 2 amide bonds. The Bertz CT molecular complexity index is 1320. The number of hydrazone groups is 1.